The third-order valence-corrected chi connectivity index (χ3v) is 13.3. The molecule has 3 rings (SSSR count). The van der Waals surface area contributed by atoms with E-state index in [9.17, 15) is 4.79 Å². The van der Waals surface area contributed by atoms with Gasteiger partial charge in [0.15, 0.2) is 0 Å². The van der Waals surface area contributed by atoms with Crippen molar-refractivity contribution in [3.05, 3.63) is 60.7 Å². The quantitative estimate of drug-likeness (QED) is 0.239. The molecule has 1 saturated heterocycles. The number of rotatable bonds is 10. The van der Waals surface area contributed by atoms with Gasteiger partial charge in [0.05, 0.1) is 16.5 Å². The first-order chi connectivity index (χ1) is 15.7. The number of carbonyl (C=O) groups excluding carboxylic acids is 1. The van der Waals surface area contributed by atoms with Gasteiger partial charge in [0, 0.05) is 6.61 Å². The first-order valence-corrected chi connectivity index (χ1v) is 14.7. The van der Waals surface area contributed by atoms with Crippen LogP contribution in [0.3, 0.4) is 0 Å². The summed E-state index contributed by atoms with van der Waals surface area (Å²) >= 11 is 3.77. The van der Waals surface area contributed by atoms with Gasteiger partial charge in [-0.2, -0.15) is 0 Å². The second-order valence-electron chi connectivity index (χ2n) is 10.1. The summed E-state index contributed by atoms with van der Waals surface area (Å²) in [5.41, 5.74) is -0.371. The Morgan fingerprint density at radius 3 is 2.06 bits per heavy atom. The lowest BCUT2D eigenvalue weighted by molar-refractivity contribution is -0.137. The second-order valence-corrected chi connectivity index (χ2v) is 15.4. The van der Waals surface area contributed by atoms with Crippen molar-refractivity contribution in [2.45, 2.75) is 81.6 Å². The highest BCUT2D eigenvalue weighted by molar-refractivity contribution is 9.09. The van der Waals surface area contributed by atoms with Crippen LogP contribution in [0.15, 0.2) is 60.7 Å². The van der Waals surface area contributed by atoms with Crippen LogP contribution in [0.5, 0.6) is 0 Å². The van der Waals surface area contributed by atoms with Crippen molar-refractivity contribution in [2.24, 2.45) is 0 Å². The third-order valence-electron chi connectivity index (χ3n) is 6.76. The topological polar surface area (TPSA) is 44.8 Å². The Bertz CT molecular complexity index is 846. The molecule has 0 radical (unpaired) electrons. The summed E-state index contributed by atoms with van der Waals surface area (Å²) in [5, 5.41) is 2.43. The van der Waals surface area contributed by atoms with E-state index in [0.29, 0.717) is 19.5 Å². The first-order valence-electron chi connectivity index (χ1n) is 11.9. The van der Waals surface area contributed by atoms with Crippen LogP contribution in [0.4, 0.5) is 0 Å². The zero-order chi connectivity index (χ0) is 24.1. The summed E-state index contributed by atoms with van der Waals surface area (Å²) in [4.78, 5) is 11.2. The van der Waals surface area contributed by atoms with Gasteiger partial charge in [-0.15, -0.1) is 0 Å². The highest BCUT2D eigenvalue weighted by Gasteiger charge is 2.53. The van der Waals surface area contributed by atoms with E-state index in [2.05, 4.69) is 111 Å². The lowest BCUT2D eigenvalue weighted by atomic mass is 9.95. The maximum absolute atomic E-state index is 11.2. The van der Waals surface area contributed by atoms with Crippen LogP contribution in [0, 0.1) is 0 Å². The molecule has 0 aliphatic carbocycles. The van der Waals surface area contributed by atoms with Crippen molar-refractivity contribution >= 4 is 41.1 Å². The predicted molar refractivity (Wildman–Crippen MR) is 140 cm³/mol. The monoisotopic (exact) mass is 532 g/mol. The number of halogens is 1. The Hall–Kier alpha value is -1.47. The standard InChI is InChI=1S/C27H37BrO4Si/c1-6-18-27(5)25(28)24(30-20-29)23(32-27)17-19-31-33(26(2,3)4,21-13-9-7-10-14-21)22-15-11-8-12-16-22/h7-16,20,23-25H,6,17-19H2,1-5H3/t23-,24-,25+,27+/m0/s1. The lowest BCUT2D eigenvalue weighted by Crippen LogP contribution is -2.66. The molecule has 2 aromatic carbocycles. The average molecular weight is 534 g/mol. The molecule has 0 aromatic heterocycles. The van der Waals surface area contributed by atoms with Crippen LogP contribution >= 0.6 is 15.9 Å². The van der Waals surface area contributed by atoms with Crippen LogP contribution in [-0.4, -0.2) is 44.0 Å². The molecule has 4 nitrogen and oxygen atoms in total. The fourth-order valence-electron chi connectivity index (χ4n) is 5.24. The Morgan fingerprint density at radius 2 is 1.61 bits per heavy atom. The Kier molecular flexibility index (Phi) is 8.59. The van der Waals surface area contributed by atoms with Gasteiger partial charge >= 0.3 is 0 Å². The molecule has 2 aromatic rings. The van der Waals surface area contributed by atoms with E-state index >= 15 is 0 Å². The fourth-order valence-corrected chi connectivity index (χ4v) is 10.6. The number of benzene rings is 2. The van der Waals surface area contributed by atoms with Crippen LogP contribution in [0.2, 0.25) is 5.04 Å². The molecular weight excluding hydrogens is 496 g/mol. The predicted octanol–water partition coefficient (Wildman–Crippen LogP) is 5.22. The van der Waals surface area contributed by atoms with Gasteiger partial charge in [-0.25, -0.2) is 0 Å². The van der Waals surface area contributed by atoms with Crippen LogP contribution < -0.4 is 10.4 Å². The normalized spacial score (nSPS) is 25.7. The SMILES string of the molecule is CCC[C@@]1(C)O[C@@H](CCO[Si](c2ccccc2)(c2ccccc2)C(C)(C)C)[C@H](OC=O)[C@H]1Br. The molecule has 1 aliphatic rings. The summed E-state index contributed by atoms with van der Waals surface area (Å²) in [6.45, 7) is 12.1. The molecule has 6 heteroatoms. The van der Waals surface area contributed by atoms with Crippen molar-refractivity contribution in [1.82, 2.24) is 0 Å². The van der Waals surface area contributed by atoms with Crippen LogP contribution in [0.25, 0.3) is 0 Å². The third kappa shape index (κ3) is 5.29. The van der Waals surface area contributed by atoms with Gasteiger partial charge in [0.25, 0.3) is 14.8 Å². The fraction of sp³-hybridized carbons (Fsp3) is 0.519. The van der Waals surface area contributed by atoms with E-state index in [1.807, 2.05) is 0 Å². The van der Waals surface area contributed by atoms with Gasteiger partial charge in [-0.05, 0) is 35.2 Å². The Labute approximate surface area is 208 Å². The van der Waals surface area contributed by atoms with E-state index in [4.69, 9.17) is 13.9 Å². The minimum absolute atomic E-state index is 0.0481. The Balaban J connectivity index is 1.90. The molecular formula is C27H37BrO4Si. The minimum Gasteiger partial charge on any atom is -0.460 e. The first kappa shape index (κ1) is 26.1. The van der Waals surface area contributed by atoms with Gasteiger partial charge in [0.2, 0.25) is 0 Å². The van der Waals surface area contributed by atoms with Crippen LogP contribution in [-0.2, 0) is 18.7 Å². The minimum atomic E-state index is -2.61. The molecule has 33 heavy (non-hydrogen) atoms. The molecule has 1 fully saturated rings. The molecule has 0 saturated carbocycles. The largest absolute Gasteiger partial charge is 0.460 e. The zero-order valence-corrected chi connectivity index (χ0v) is 23.0. The summed E-state index contributed by atoms with van der Waals surface area (Å²) in [5.74, 6) is 0. The summed E-state index contributed by atoms with van der Waals surface area (Å²) in [6, 6.07) is 21.3. The van der Waals surface area contributed by atoms with E-state index in [1.54, 1.807) is 0 Å². The Morgan fingerprint density at radius 1 is 1.06 bits per heavy atom. The molecule has 1 aliphatic heterocycles. The number of hydrogen-bond donors (Lipinski definition) is 0. The molecule has 1 heterocycles. The average Bonchev–Trinajstić information content (AvgIpc) is 3.02. The lowest BCUT2D eigenvalue weighted by Gasteiger charge is -2.43. The highest BCUT2D eigenvalue weighted by Crippen LogP contribution is 2.42. The van der Waals surface area contributed by atoms with Gasteiger partial charge in [0.1, 0.15) is 6.10 Å². The van der Waals surface area contributed by atoms with Gasteiger partial charge in [-0.1, -0.05) is 111 Å². The second kappa shape index (κ2) is 10.9. The molecule has 0 amide bonds. The van der Waals surface area contributed by atoms with E-state index in [0.717, 1.165) is 12.8 Å². The van der Waals surface area contributed by atoms with Crippen molar-refractivity contribution in [3.8, 4) is 0 Å². The van der Waals surface area contributed by atoms with Crippen molar-refractivity contribution in [1.29, 1.82) is 0 Å². The number of alkyl halides is 1. The molecule has 180 valence electrons. The van der Waals surface area contributed by atoms with Crippen molar-refractivity contribution < 1.29 is 18.7 Å². The maximum atomic E-state index is 11.2. The van der Waals surface area contributed by atoms with Gasteiger partial charge in [-0.3, -0.25) is 4.79 Å². The van der Waals surface area contributed by atoms with Crippen LogP contribution in [0.1, 0.15) is 53.9 Å². The van der Waals surface area contributed by atoms with Crippen molar-refractivity contribution in [2.75, 3.05) is 6.61 Å². The number of carbonyl (C=O) groups is 1. The molecule has 0 bridgehead atoms. The van der Waals surface area contributed by atoms with E-state index < -0.39 is 8.32 Å². The van der Waals surface area contributed by atoms with Crippen molar-refractivity contribution in [3.63, 3.8) is 0 Å². The number of ether oxygens (including phenoxy) is 2. The molecule has 0 spiro atoms. The summed E-state index contributed by atoms with van der Waals surface area (Å²) in [6.07, 6.45) is 2.01. The summed E-state index contributed by atoms with van der Waals surface area (Å²) in [7, 11) is -2.61. The maximum Gasteiger partial charge on any atom is 0.293 e. The summed E-state index contributed by atoms with van der Waals surface area (Å²) < 4.78 is 19.0. The molecule has 0 N–H and O–H groups in total. The highest BCUT2D eigenvalue weighted by atomic mass is 79.9. The zero-order valence-electron chi connectivity index (χ0n) is 20.4. The number of hydrogen-bond acceptors (Lipinski definition) is 4. The van der Waals surface area contributed by atoms with E-state index in [-0.39, 0.29) is 27.7 Å². The smallest absolute Gasteiger partial charge is 0.293 e. The molecule has 4 atom stereocenters. The van der Waals surface area contributed by atoms with Gasteiger partial charge < -0.3 is 13.9 Å². The molecule has 0 unspecified atom stereocenters. The van der Waals surface area contributed by atoms with E-state index in [1.165, 1.54) is 10.4 Å².